The second kappa shape index (κ2) is 19.4. The van der Waals surface area contributed by atoms with Crippen molar-refractivity contribution in [1.82, 2.24) is 0 Å². The van der Waals surface area contributed by atoms with E-state index in [1.54, 1.807) is 18.1 Å². The summed E-state index contributed by atoms with van der Waals surface area (Å²) in [5.41, 5.74) is 11.7. The maximum Gasteiger partial charge on any atom is 0.0402 e. The van der Waals surface area contributed by atoms with Crippen LogP contribution in [0.1, 0.15) is 115 Å². The van der Waals surface area contributed by atoms with Gasteiger partial charge in [-0.1, -0.05) is 146 Å². The van der Waals surface area contributed by atoms with Crippen LogP contribution < -0.4 is 0 Å². The van der Waals surface area contributed by atoms with Crippen LogP contribution in [0.25, 0.3) is 0 Å². The predicted octanol–water partition coefficient (Wildman–Crippen LogP) is 12.6. The molecule has 0 radical (unpaired) electrons. The Kier molecular flexibility index (Phi) is 17.2. The zero-order valence-corrected chi connectivity index (χ0v) is 29.5. The van der Waals surface area contributed by atoms with Crippen molar-refractivity contribution in [2.45, 2.75) is 115 Å². The van der Waals surface area contributed by atoms with Crippen LogP contribution in [-0.2, 0) is 0 Å². The fourth-order valence-electron chi connectivity index (χ4n) is 5.79. The summed E-state index contributed by atoms with van der Waals surface area (Å²) in [5, 5.41) is 7.57. The van der Waals surface area contributed by atoms with E-state index < -0.39 is 0 Å². The zero-order valence-electron chi connectivity index (χ0n) is 29.5. The van der Waals surface area contributed by atoms with Gasteiger partial charge in [0.1, 0.15) is 0 Å². The number of aliphatic hydroxyl groups excluding tert-OH is 1. The molecule has 0 heterocycles. The van der Waals surface area contributed by atoms with Gasteiger partial charge in [-0.15, -0.1) is 0 Å². The lowest BCUT2D eigenvalue weighted by Crippen LogP contribution is -2.19. The lowest BCUT2D eigenvalue weighted by molar-refractivity contribution is 0.318. The van der Waals surface area contributed by atoms with Gasteiger partial charge in [0, 0.05) is 6.61 Å². The fourth-order valence-corrected chi connectivity index (χ4v) is 5.79. The van der Waals surface area contributed by atoms with E-state index in [-0.39, 0.29) is 6.61 Å². The maximum absolute atomic E-state index is 7.57. The molecule has 0 aliphatic heterocycles. The summed E-state index contributed by atoms with van der Waals surface area (Å²) in [6.45, 7) is 24.6. The van der Waals surface area contributed by atoms with E-state index in [1.165, 1.54) is 72.0 Å². The van der Waals surface area contributed by atoms with Crippen LogP contribution in [0.2, 0.25) is 0 Å². The minimum atomic E-state index is 0.250. The Morgan fingerprint density at radius 1 is 0.581 bits per heavy atom. The summed E-state index contributed by atoms with van der Waals surface area (Å²) >= 11 is 0. The van der Waals surface area contributed by atoms with Gasteiger partial charge in [-0.05, 0) is 109 Å². The van der Waals surface area contributed by atoms with E-state index in [0.29, 0.717) is 10.8 Å². The molecule has 0 atom stereocenters. The molecular weight excluding hydrogens is 520 g/mol. The number of hydrogen-bond donors (Lipinski definition) is 1. The van der Waals surface area contributed by atoms with E-state index >= 15 is 0 Å². The zero-order chi connectivity index (χ0) is 32.5. The van der Waals surface area contributed by atoms with Crippen molar-refractivity contribution in [2.75, 3.05) is 6.61 Å². The van der Waals surface area contributed by atoms with Crippen LogP contribution in [-0.4, -0.2) is 11.7 Å². The van der Waals surface area contributed by atoms with Gasteiger partial charge in [0.25, 0.3) is 0 Å². The van der Waals surface area contributed by atoms with Crippen molar-refractivity contribution in [3.8, 4) is 0 Å². The van der Waals surface area contributed by atoms with Gasteiger partial charge >= 0.3 is 0 Å². The van der Waals surface area contributed by atoms with Crippen LogP contribution in [0, 0.1) is 10.8 Å². The lowest BCUT2D eigenvalue weighted by atomic mass is 9.72. The highest BCUT2D eigenvalue weighted by Gasteiger charge is 2.27. The smallest absolute Gasteiger partial charge is 0.0402 e. The lowest BCUT2D eigenvalue weighted by Gasteiger charge is -2.33. The minimum Gasteiger partial charge on any atom is -0.397 e. The molecule has 0 fully saturated rings. The molecule has 2 rings (SSSR count). The summed E-state index contributed by atoms with van der Waals surface area (Å²) in [6.07, 6.45) is 38.4. The van der Waals surface area contributed by atoms with Gasteiger partial charge in [0.05, 0.1) is 0 Å². The van der Waals surface area contributed by atoms with Gasteiger partial charge in [0.15, 0.2) is 0 Å². The first kappa shape index (κ1) is 38.1. The predicted molar refractivity (Wildman–Crippen MR) is 194 cm³/mol. The van der Waals surface area contributed by atoms with E-state index in [4.69, 9.17) is 5.11 Å². The molecule has 1 nitrogen and oxygen atoms in total. The molecule has 0 saturated heterocycles. The average Bonchev–Trinajstić information content (AvgIpc) is 2.90. The highest BCUT2D eigenvalue weighted by molar-refractivity contribution is 5.39. The van der Waals surface area contributed by atoms with Gasteiger partial charge in [0.2, 0.25) is 0 Å². The second-order valence-electron chi connectivity index (χ2n) is 13.6. The van der Waals surface area contributed by atoms with Gasteiger partial charge < -0.3 is 5.11 Å². The molecule has 0 aromatic heterocycles. The number of hydrogen-bond acceptors (Lipinski definition) is 1. The van der Waals surface area contributed by atoms with E-state index in [0.717, 1.165) is 0 Å². The van der Waals surface area contributed by atoms with Gasteiger partial charge in [-0.2, -0.15) is 0 Å². The van der Waals surface area contributed by atoms with Gasteiger partial charge in [-0.25, -0.2) is 0 Å². The molecule has 0 aromatic rings. The van der Waals surface area contributed by atoms with E-state index in [1.807, 2.05) is 0 Å². The minimum absolute atomic E-state index is 0.250. The van der Waals surface area contributed by atoms with Crippen LogP contribution >= 0.6 is 0 Å². The maximum atomic E-state index is 7.57. The van der Waals surface area contributed by atoms with Crippen molar-refractivity contribution in [2.24, 2.45) is 10.8 Å². The summed E-state index contributed by atoms with van der Waals surface area (Å²) in [6, 6.07) is 0. The number of aliphatic hydroxyl groups is 1. The monoisotopic (exact) mass is 582 g/mol. The molecule has 43 heavy (non-hydrogen) atoms. The SMILES string of the molecule is CC1=C(/C=C/C(C)=C/C=C/C(C)=C/C=C/C=C(C)/C=C/C=C(C)/C=C/C2=C(C)CCCC2(C)C)C(C)(C)CCC1.CCO. The third kappa shape index (κ3) is 14.9. The first-order valence-electron chi connectivity index (χ1n) is 16.3. The summed E-state index contributed by atoms with van der Waals surface area (Å²) in [7, 11) is 0. The molecule has 2 aliphatic rings. The Labute approximate surface area is 266 Å². The summed E-state index contributed by atoms with van der Waals surface area (Å²) < 4.78 is 0. The van der Waals surface area contributed by atoms with Gasteiger partial charge in [-0.3, -0.25) is 0 Å². The Morgan fingerprint density at radius 2 is 0.884 bits per heavy atom. The Morgan fingerprint density at radius 3 is 1.21 bits per heavy atom. The molecule has 236 valence electrons. The first-order chi connectivity index (χ1) is 20.2. The van der Waals surface area contributed by atoms with Crippen LogP contribution in [0.5, 0.6) is 0 Å². The van der Waals surface area contributed by atoms with Crippen molar-refractivity contribution in [3.63, 3.8) is 0 Å². The van der Waals surface area contributed by atoms with E-state index in [2.05, 4.69) is 154 Å². The molecule has 0 unspecified atom stereocenters. The van der Waals surface area contributed by atoms with Crippen molar-refractivity contribution >= 4 is 0 Å². The van der Waals surface area contributed by atoms with Crippen molar-refractivity contribution < 1.29 is 5.11 Å². The molecule has 0 aromatic carbocycles. The van der Waals surface area contributed by atoms with Crippen molar-refractivity contribution in [1.29, 1.82) is 0 Å². The Bertz CT molecular complexity index is 1140. The van der Waals surface area contributed by atoms with Crippen LogP contribution in [0.3, 0.4) is 0 Å². The number of rotatable bonds is 10. The topological polar surface area (TPSA) is 20.2 Å². The second-order valence-corrected chi connectivity index (χ2v) is 13.6. The molecule has 0 spiro atoms. The molecule has 0 amide bonds. The molecule has 0 bridgehead atoms. The molecule has 2 aliphatic carbocycles. The first-order valence-corrected chi connectivity index (χ1v) is 16.3. The Balaban J connectivity index is 0.00000295. The quantitative estimate of drug-likeness (QED) is 0.254. The third-order valence-electron chi connectivity index (χ3n) is 8.38. The highest BCUT2D eigenvalue weighted by Crippen LogP contribution is 2.41. The highest BCUT2D eigenvalue weighted by atomic mass is 16.2. The fraction of sp³-hybridized carbons (Fsp3) is 0.476. The standard InChI is InChI=1S/C40H56.C2H6O/c1-31(19-13-21-33(3)25-27-37-35(5)23-15-29-39(37,7)8)17-11-12-18-32(2)20-14-22-34(4)26-28-38-36(6)24-16-30-40(38,9)10;1-2-3/h11-14,17-22,25-28H,15-16,23-24,29-30H2,1-10H3;3H,2H2,1H3/b12-11+,19-13+,20-14+,27-25+,28-26+,31-17+,32-18+,33-21+,34-22+;. The largest absolute Gasteiger partial charge is 0.397 e. The summed E-state index contributed by atoms with van der Waals surface area (Å²) in [5.74, 6) is 0. The molecule has 1 heteroatoms. The Hall–Kier alpha value is -2.90. The summed E-state index contributed by atoms with van der Waals surface area (Å²) in [4.78, 5) is 0. The molecular formula is C42H62O. The third-order valence-corrected chi connectivity index (χ3v) is 8.38. The average molecular weight is 583 g/mol. The molecule has 0 saturated carbocycles. The van der Waals surface area contributed by atoms with Crippen molar-refractivity contribution in [3.05, 3.63) is 130 Å². The van der Waals surface area contributed by atoms with Crippen LogP contribution in [0.4, 0.5) is 0 Å². The van der Waals surface area contributed by atoms with E-state index in [9.17, 15) is 0 Å². The number of allylic oxidation sites excluding steroid dienone is 22. The normalized spacial score (nSPS) is 20.8. The molecule has 1 N–H and O–H groups in total. The van der Waals surface area contributed by atoms with Crippen LogP contribution in [0.15, 0.2) is 130 Å².